The molecule has 0 N–H and O–H groups in total. The van der Waals surface area contributed by atoms with Crippen molar-refractivity contribution in [1.29, 1.82) is 0 Å². The standard InChI is InChI=1S/C24H30BrN5O/c25-22-26-17-30(27-22)24-13-19-10-20(14-24)12-23(11-19,16-24)21(31)29-8-6-28(7-9-29)15-18-4-2-1-3-5-18/h1-5,17,19-20H,6-16H2. The maximum Gasteiger partial charge on any atom is 0.228 e. The number of aromatic nitrogens is 3. The number of carbonyl (C=O) groups excluding carboxylic acids is 1. The molecule has 1 saturated heterocycles. The van der Waals surface area contributed by atoms with E-state index in [1.54, 1.807) is 0 Å². The van der Waals surface area contributed by atoms with Crippen LogP contribution in [0.2, 0.25) is 0 Å². The number of hydrogen-bond donors (Lipinski definition) is 0. The zero-order chi connectivity index (χ0) is 21.1. The smallest absolute Gasteiger partial charge is 0.228 e. The van der Waals surface area contributed by atoms with Crippen LogP contribution in [0.25, 0.3) is 0 Å². The minimum absolute atomic E-state index is 0.0199. The van der Waals surface area contributed by atoms with Crippen molar-refractivity contribution in [3.63, 3.8) is 0 Å². The van der Waals surface area contributed by atoms with Crippen LogP contribution in [0.1, 0.15) is 44.1 Å². The lowest BCUT2D eigenvalue weighted by molar-refractivity contribution is -0.168. The van der Waals surface area contributed by atoms with Gasteiger partial charge in [-0.2, -0.15) is 0 Å². The van der Waals surface area contributed by atoms with E-state index in [0.717, 1.165) is 64.8 Å². The molecule has 0 spiro atoms. The molecule has 1 aliphatic heterocycles. The molecule has 1 aromatic heterocycles. The van der Waals surface area contributed by atoms with Gasteiger partial charge in [-0.3, -0.25) is 9.69 Å². The minimum Gasteiger partial charge on any atom is -0.340 e. The molecule has 0 radical (unpaired) electrons. The van der Waals surface area contributed by atoms with Crippen LogP contribution in [-0.2, 0) is 16.9 Å². The highest BCUT2D eigenvalue weighted by Gasteiger charge is 2.62. The third-order valence-corrected chi connectivity index (χ3v) is 8.71. The Morgan fingerprint density at radius 2 is 1.74 bits per heavy atom. The molecule has 4 aliphatic carbocycles. The first kappa shape index (κ1) is 19.9. The summed E-state index contributed by atoms with van der Waals surface area (Å²) in [6.07, 6.45) is 8.55. The third-order valence-electron chi connectivity index (χ3n) is 8.34. The highest BCUT2D eigenvalue weighted by atomic mass is 79.9. The molecular weight excluding hydrogens is 454 g/mol. The lowest BCUT2D eigenvalue weighted by Crippen LogP contribution is -2.62. The van der Waals surface area contributed by atoms with Crippen LogP contribution in [0.5, 0.6) is 0 Å². The molecule has 7 rings (SSSR count). The molecule has 2 unspecified atom stereocenters. The Morgan fingerprint density at radius 3 is 2.39 bits per heavy atom. The maximum atomic E-state index is 13.9. The van der Waals surface area contributed by atoms with Crippen molar-refractivity contribution in [3.05, 3.63) is 47.0 Å². The molecule has 164 valence electrons. The number of hydrogen-bond acceptors (Lipinski definition) is 4. The van der Waals surface area contributed by atoms with Gasteiger partial charge in [0, 0.05) is 32.7 Å². The van der Waals surface area contributed by atoms with Crippen molar-refractivity contribution in [2.45, 2.75) is 50.6 Å². The van der Waals surface area contributed by atoms with Crippen LogP contribution in [0.4, 0.5) is 0 Å². The second kappa shape index (κ2) is 7.41. The number of halogens is 1. The molecule has 2 aromatic rings. The van der Waals surface area contributed by atoms with Gasteiger partial charge in [0.15, 0.2) is 0 Å². The number of amides is 1. The highest BCUT2D eigenvalue weighted by molar-refractivity contribution is 9.10. The quantitative estimate of drug-likeness (QED) is 0.665. The van der Waals surface area contributed by atoms with Crippen LogP contribution >= 0.6 is 15.9 Å². The summed E-state index contributed by atoms with van der Waals surface area (Å²) in [7, 11) is 0. The van der Waals surface area contributed by atoms with Gasteiger partial charge in [-0.05, 0) is 71.9 Å². The van der Waals surface area contributed by atoms with Crippen molar-refractivity contribution >= 4 is 21.8 Å². The first-order chi connectivity index (χ1) is 15.0. The zero-order valence-electron chi connectivity index (χ0n) is 17.9. The first-order valence-corrected chi connectivity index (χ1v) is 12.5. The van der Waals surface area contributed by atoms with E-state index in [1.807, 2.05) is 6.33 Å². The summed E-state index contributed by atoms with van der Waals surface area (Å²) < 4.78 is 2.74. The van der Waals surface area contributed by atoms with Crippen molar-refractivity contribution in [3.8, 4) is 0 Å². The van der Waals surface area contributed by atoms with E-state index in [-0.39, 0.29) is 11.0 Å². The van der Waals surface area contributed by atoms with Gasteiger partial charge in [-0.15, -0.1) is 5.10 Å². The summed E-state index contributed by atoms with van der Waals surface area (Å²) in [4.78, 5) is 22.9. The predicted molar refractivity (Wildman–Crippen MR) is 121 cm³/mol. The van der Waals surface area contributed by atoms with Crippen LogP contribution in [0, 0.1) is 17.3 Å². The second-order valence-electron chi connectivity index (χ2n) is 10.5. The molecule has 1 amide bonds. The molecule has 1 aromatic carbocycles. The molecule has 4 bridgehead atoms. The fourth-order valence-electron chi connectivity index (χ4n) is 7.49. The van der Waals surface area contributed by atoms with Gasteiger partial charge >= 0.3 is 0 Å². The number of rotatable bonds is 4. The Hall–Kier alpha value is -1.73. The molecule has 5 fully saturated rings. The maximum absolute atomic E-state index is 13.9. The molecular formula is C24H30BrN5O. The van der Waals surface area contributed by atoms with Crippen LogP contribution in [0.15, 0.2) is 41.4 Å². The summed E-state index contributed by atoms with van der Waals surface area (Å²) in [5.74, 6) is 1.71. The van der Waals surface area contributed by atoms with Gasteiger partial charge in [0.1, 0.15) is 6.33 Å². The third kappa shape index (κ3) is 3.44. The SMILES string of the molecule is O=C(N1CCN(Cc2ccccc2)CC1)C12CC3CC(C1)CC(n1cnc(Br)n1)(C3)C2. The highest BCUT2D eigenvalue weighted by Crippen LogP contribution is 2.64. The Balaban J connectivity index is 1.18. The average Bonchev–Trinajstić information content (AvgIpc) is 3.21. The van der Waals surface area contributed by atoms with E-state index >= 15 is 0 Å². The predicted octanol–water partition coefficient (Wildman–Crippen LogP) is 3.68. The van der Waals surface area contributed by atoms with Crippen molar-refractivity contribution < 1.29 is 4.79 Å². The van der Waals surface area contributed by atoms with E-state index in [4.69, 9.17) is 0 Å². The Labute approximate surface area is 192 Å². The average molecular weight is 484 g/mol. The normalized spacial score (nSPS) is 34.9. The summed E-state index contributed by atoms with van der Waals surface area (Å²) in [5.41, 5.74) is 1.14. The Kier molecular flexibility index (Phi) is 4.76. The van der Waals surface area contributed by atoms with Crippen molar-refractivity contribution in [1.82, 2.24) is 24.6 Å². The Morgan fingerprint density at radius 1 is 1.03 bits per heavy atom. The van der Waals surface area contributed by atoms with Crippen molar-refractivity contribution in [2.24, 2.45) is 17.3 Å². The van der Waals surface area contributed by atoms with Crippen LogP contribution in [-0.4, -0.2) is 56.7 Å². The molecule has 7 heteroatoms. The van der Waals surface area contributed by atoms with Gasteiger partial charge < -0.3 is 4.90 Å². The van der Waals surface area contributed by atoms with E-state index in [0.29, 0.717) is 22.5 Å². The molecule has 6 nitrogen and oxygen atoms in total. The summed E-state index contributed by atoms with van der Waals surface area (Å²) >= 11 is 3.42. The molecule has 31 heavy (non-hydrogen) atoms. The zero-order valence-corrected chi connectivity index (χ0v) is 19.5. The van der Waals surface area contributed by atoms with Gasteiger partial charge in [-0.25, -0.2) is 9.67 Å². The minimum atomic E-state index is -0.190. The van der Waals surface area contributed by atoms with Gasteiger partial charge in [0.25, 0.3) is 0 Å². The Bertz CT molecular complexity index is 953. The lowest BCUT2D eigenvalue weighted by Gasteiger charge is -2.61. The van der Waals surface area contributed by atoms with Gasteiger partial charge in [0.2, 0.25) is 10.6 Å². The summed E-state index contributed by atoms with van der Waals surface area (Å²) in [6, 6.07) is 10.7. The fourth-order valence-corrected chi connectivity index (χ4v) is 7.75. The number of carbonyl (C=O) groups is 1. The molecule has 4 saturated carbocycles. The summed E-state index contributed by atoms with van der Waals surface area (Å²) in [5, 5.41) is 4.64. The first-order valence-electron chi connectivity index (χ1n) is 11.7. The second-order valence-corrected chi connectivity index (χ2v) is 11.2. The van der Waals surface area contributed by atoms with Crippen LogP contribution < -0.4 is 0 Å². The van der Waals surface area contributed by atoms with E-state index < -0.39 is 0 Å². The monoisotopic (exact) mass is 483 g/mol. The van der Waals surface area contributed by atoms with Crippen molar-refractivity contribution in [2.75, 3.05) is 26.2 Å². The topological polar surface area (TPSA) is 54.3 Å². The molecule has 2 atom stereocenters. The number of piperazine rings is 1. The molecule has 5 aliphatic rings. The largest absolute Gasteiger partial charge is 0.340 e. The number of nitrogens with zero attached hydrogens (tertiary/aromatic N) is 5. The van der Waals surface area contributed by atoms with Gasteiger partial charge in [-0.1, -0.05) is 30.3 Å². The summed E-state index contributed by atoms with van der Waals surface area (Å²) in [6.45, 7) is 4.60. The number of benzene rings is 1. The van der Waals surface area contributed by atoms with E-state index in [2.05, 4.69) is 70.8 Å². The lowest BCUT2D eigenvalue weighted by atomic mass is 9.46. The molecule has 2 heterocycles. The van der Waals surface area contributed by atoms with E-state index in [9.17, 15) is 4.79 Å². The van der Waals surface area contributed by atoms with Gasteiger partial charge in [0.05, 0.1) is 11.0 Å². The van der Waals surface area contributed by atoms with E-state index in [1.165, 1.54) is 12.0 Å². The fraction of sp³-hybridized carbons (Fsp3) is 0.625. The van der Waals surface area contributed by atoms with Crippen LogP contribution in [0.3, 0.4) is 0 Å².